The first-order valence-corrected chi connectivity index (χ1v) is 7.14. The summed E-state index contributed by atoms with van der Waals surface area (Å²) in [5.74, 6) is -1.12. The van der Waals surface area contributed by atoms with Crippen LogP contribution < -0.4 is 5.11 Å². The largest absolute Gasteiger partial charge is 0.550 e. The molecule has 0 fully saturated rings. The first kappa shape index (κ1) is 15.0. The number of hydrogen-bond acceptors (Lipinski definition) is 3. The van der Waals surface area contributed by atoms with Gasteiger partial charge in [0, 0.05) is 29.8 Å². The van der Waals surface area contributed by atoms with Crippen molar-refractivity contribution in [1.29, 1.82) is 0 Å². The van der Waals surface area contributed by atoms with Crippen molar-refractivity contribution in [3.05, 3.63) is 71.9 Å². The molecule has 1 aromatic heterocycles. The zero-order valence-electron chi connectivity index (χ0n) is 12.5. The second-order valence-electron chi connectivity index (χ2n) is 5.26. The highest BCUT2D eigenvalue weighted by molar-refractivity contribution is 5.68. The number of carbonyl (C=O) groups is 1. The quantitative estimate of drug-likeness (QED) is 0.743. The normalized spacial score (nSPS) is 10.7. The molecule has 2 aromatic carbocycles. The Kier molecular flexibility index (Phi) is 3.93. The third kappa shape index (κ3) is 3.13. The Hall–Kier alpha value is -2.95. The average molecular weight is 309 g/mol. The lowest BCUT2D eigenvalue weighted by Crippen LogP contribution is -2.25. The van der Waals surface area contributed by atoms with Gasteiger partial charge in [0.05, 0.1) is 5.69 Å². The highest BCUT2D eigenvalue weighted by Crippen LogP contribution is 2.23. The van der Waals surface area contributed by atoms with Crippen molar-refractivity contribution in [2.75, 3.05) is 0 Å². The number of imidazole rings is 1. The first-order valence-electron chi connectivity index (χ1n) is 7.14. The number of nitrogens with zero attached hydrogens (tertiary/aromatic N) is 2. The molecule has 0 N–H and O–H groups in total. The second-order valence-corrected chi connectivity index (χ2v) is 5.26. The molecule has 0 spiro atoms. The molecule has 0 unspecified atom stereocenters. The lowest BCUT2D eigenvalue weighted by Gasteiger charge is -2.07. The number of carboxylic acid groups (broad SMARTS) is 1. The van der Waals surface area contributed by atoms with E-state index >= 15 is 0 Å². The molecule has 0 saturated heterocycles. The number of halogens is 1. The SMILES string of the molecule is Cc1cc(-c2cn(-c3ccccc3)c(CC(=O)[O-])n2)ccc1F. The molecule has 5 heteroatoms. The minimum Gasteiger partial charge on any atom is -0.550 e. The summed E-state index contributed by atoms with van der Waals surface area (Å²) in [5, 5.41) is 11.0. The van der Waals surface area contributed by atoms with Gasteiger partial charge >= 0.3 is 0 Å². The standard InChI is InChI=1S/C18H15FN2O2/c1-12-9-13(7-8-15(12)19)16-11-21(14-5-3-2-4-6-14)17(20-16)10-18(22)23/h2-9,11H,10H2,1H3,(H,22,23)/p-1. The Labute approximate surface area is 132 Å². The maximum absolute atomic E-state index is 13.4. The van der Waals surface area contributed by atoms with E-state index in [4.69, 9.17) is 0 Å². The number of aromatic nitrogens is 2. The Balaban J connectivity index is 2.10. The molecule has 0 bridgehead atoms. The van der Waals surface area contributed by atoms with Crippen molar-refractivity contribution in [2.24, 2.45) is 0 Å². The van der Waals surface area contributed by atoms with Crippen LogP contribution in [0.15, 0.2) is 54.7 Å². The third-order valence-corrected chi connectivity index (χ3v) is 3.57. The van der Waals surface area contributed by atoms with Gasteiger partial charge in [0.15, 0.2) is 0 Å². The van der Waals surface area contributed by atoms with Gasteiger partial charge in [0.1, 0.15) is 11.6 Å². The molecule has 0 aliphatic carbocycles. The van der Waals surface area contributed by atoms with Gasteiger partial charge in [-0.1, -0.05) is 18.2 Å². The Bertz CT molecular complexity index is 857. The van der Waals surface area contributed by atoms with Crippen molar-refractivity contribution in [3.8, 4) is 16.9 Å². The number of aryl methyl sites for hydroxylation is 1. The van der Waals surface area contributed by atoms with E-state index in [1.165, 1.54) is 6.07 Å². The number of aliphatic carboxylic acids is 1. The van der Waals surface area contributed by atoms with Gasteiger partial charge in [-0.15, -0.1) is 0 Å². The van der Waals surface area contributed by atoms with Crippen molar-refractivity contribution >= 4 is 5.97 Å². The monoisotopic (exact) mass is 309 g/mol. The summed E-state index contributed by atoms with van der Waals surface area (Å²) in [4.78, 5) is 15.4. The molecular weight excluding hydrogens is 295 g/mol. The number of carboxylic acids is 1. The smallest absolute Gasteiger partial charge is 0.126 e. The lowest BCUT2D eigenvalue weighted by atomic mass is 10.1. The molecule has 23 heavy (non-hydrogen) atoms. The van der Waals surface area contributed by atoms with Crippen molar-refractivity contribution in [2.45, 2.75) is 13.3 Å². The van der Waals surface area contributed by atoms with E-state index in [9.17, 15) is 14.3 Å². The minimum absolute atomic E-state index is 0.286. The van der Waals surface area contributed by atoms with Crippen LogP contribution in [0.2, 0.25) is 0 Å². The van der Waals surface area contributed by atoms with E-state index in [1.807, 2.05) is 30.3 Å². The topological polar surface area (TPSA) is 58.0 Å². The summed E-state index contributed by atoms with van der Waals surface area (Å²) >= 11 is 0. The number of carbonyl (C=O) groups excluding carboxylic acids is 1. The maximum Gasteiger partial charge on any atom is 0.126 e. The average Bonchev–Trinajstić information content (AvgIpc) is 2.94. The van der Waals surface area contributed by atoms with Crippen molar-refractivity contribution < 1.29 is 14.3 Å². The van der Waals surface area contributed by atoms with Crippen LogP contribution in [-0.4, -0.2) is 15.5 Å². The maximum atomic E-state index is 13.4. The summed E-state index contributed by atoms with van der Waals surface area (Å²) in [6, 6.07) is 14.0. The molecule has 3 aromatic rings. The minimum atomic E-state index is -1.20. The fraction of sp³-hybridized carbons (Fsp3) is 0.111. The van der Waals surface area contributed by atoms with Crippen LogP contribution in [-0.2, 0) is 11.2 Å². The summed E-state index contributed by atoms with van der Waals surface area (Å²) in [6.07, 6.45) is 1.45. The molecule has 3 rings (SSSR count). The van der Waals surface area contributed by atoms with Crippen LogP contribution in [0, 0.1) is 12.7 Å². The third-order valence-electron chi connectivity index (χ3n) is 3.57. The molecule has 4 nitrogen and oxygen atoms in total. The highest BCUT2D eigenvalue weighted by atomic mass is 19.1. The second kappa shape index (κ2) is 6.04. The Morgan fingerprint density at radius 3 is 2.61 bits per heavy atom. The Morgan fingerprint density at radius 1 is 1.22 bits per heavy atom. The predicted molar refractivity (Wildman–Crippen MR) is 82.4 cm³/mol. The zero-order chi connectivity index (χ0) is 16.4. The van der Waals surface area contributed by atoms with E-state index < -0.39 is 5.97 Å². The molecular formula is C18H14FN2O2-. The Morgan fingerprint density at radius 2 is 1.96 bits per heavy atom. The summed E-state index contributed by atoms with van der Waals surface area (Å²) in [6.45, 7) is 1.68. The predicted octanol–water partition coefficient (Wildman–Crippen LogP) is 2.28. The molecule has 0 radical (unpaired) electrons. The lowest BCUT2D eigenvalue weighted by molar-refractivity contribution is -0.304. The number of benzene rings is 2. The molecule has 1 heterocycles. The van der Waals surface area contributed by atoms with Crippen LogP contribution in [0.3, 0.4) is 0 Å². The van der Waals surface area contributed by atoms with Gasteiger partial charge in [0.2, 0.25) is 0 Å². The summed E-state index contributed by atoms with van der Waals surface area (Å²) in [5.41, 5.74) is 2.64. The fourth-order valence-corrected chi connectivity index (χ4v) is 2.43. The highest BCUT2D eigenvalue weighted by Gasteiger charge is 2.12. The van der Waals surface area contributed by atoms with Gasteiger partial charge in [-0.2, -0.15) is 0 Å². The van der Waals surface area contributed by atoms with Crippen LogP contribution in [0.4, 0.5) is 4.39 Å². The van der Waals surface area contributed by atoms with Gasteiger partial charge in [-0.05, 0) is 42.8 Å². The van der Waals surface area contributed by atoms with E-state index in [0.717, 1.165) is 11.3 Å². The number of hydrogen-bond donors (Lipinski definition) is 0. The van der Waals surface area contributed by atoms with Gasteiger partial charge in [-0.25, -0.2) is 9.37 Å². The van der Waals surface area contributed by atoms with Crippen molar-refractivity contribution in [1.82, 2.24) is 9.55 Å². The number of para-hydroxylation sites is 1. The molecule has 0 saturated carbocycles. The van der Waals surface area contributed by atoms with E-state index in [2.05, 4.69) is 4.98 Å². The molecule has 0 atom stereocenters. The zero-order valence-corrected chi connectivity index (χ0v) is 12.5. The van der Waals surface area contributed by atoms with E-state index in [0.29, 0.717) is 17.1 Å². The molecule has 0 amide bonds. The van der Waals surface area contributed by atoms with Crippen molar-refractivity contribution in [3.63, 3.8) is 0 Å². The first-order chi connectivity index (χ1) is 11.0. The van der Waals surface area contributed by atoms with E-state index in [1.54, 1.807) is 29.8 Å². The molecule has 0 aliphatic rings. The van der Waals surface area contributed by atoms with Crippen LogP contribution in [0.1, 0.15) is 11.4 Å². The van der Waals surface area contributed by atoms with Gasteiger partial charge < -0.3 is 14.5 Å². The molecule has 0 aliphatic heterocycles. The van der Waals surface area contributed by atoms with Crippen LogP contribution >= 0.6 is 0 Å². The summed E-state index contributed by atoms with van der Waals surface area (Å²) in [7, 11) is 0. The van der Waals surface area contributed by atoms with Crippen LogP contribution in [0.5, 0.6) is 0 Å². The van der Waals surface area contributed by atoms with E-state index in [-0.39, 0.29) is 12.2 Å². The summed E-state index contributed by atoms with van der Waals surface area (Å²) < 4.78 is 15.1. The van der Waals surface area contributed by atoms with Gasteiger partial charge in [0.25, 0.3) is 0 Å². The van der Waals surface area contributed by atoms with Crippen LogP contribution in [0.25, 0.3) is 16.9 Å². The van der Waals surface area contributed by atoms with Gasteiger partial charge in [-0.3, -0.25) is 0 Å². The number of rotatable bonds is 4. The molecule has 116 valence electrons. The fourth-order valence-electron chi connectivity index (χ4n) is 2.43.